The molecule has 112 valence electrons. The number of likely N-dealkylation sites (N-methyl/N-ethyl adjacent to an activating group) is 1. The van der Waals surface area contributed by atoms with Crippen LogP contribution in [0.15, 0.2) is 24.3 Å². The summed E-state index contributed by atoms with van der Waals surface area (Å²) in [7, 11) is 1.96. The van der Waals surface area contributed by atoms with E-state index >= 15 is 0 Å². The van der Waals surface area contributed by atoms with Gasteiger partial charge in [-0.25, -0.2) is 0 Å². The molecule has 0 aliphatic rings. The predicted octanol–water partition coefficient (Wildman–Crippen LogP) is 3.47. The van der Waals surface area contributed by atoms with Crippen molar-refractivity contribution in [1.82, 2.24) is 10.2 Å². The summed E-state index contributed by atoms with van der Waals surface area (Å²) < 4.78 is 0. The van der Waals surface area contributed by atoms with E-state index in [9.17, 15) is 4.79 Å². The zero-order valence-corrected chi connectivity index (χ0v) is 13.8. The van der Waals surface area contributed by atoms with Crippen molar-refractivity contribution in [1.29, 1.82) is 0 Å². The first kappa shape index (κ1) is 17.0. The Kier molecular flexibility index (Phi) is 6.03. The summed E-state index contributed by atoms with van der Waals surface area (Å²) in [6.45, 7) is 8.80. The zero-order valence-electron chi connectivity index (χ0n) is 13.0. The van der Waals surface area contributed by atoms with Gasteiger partial charge in [0.15, 0.2) is 0 Å². The number of amides is 1. The molecule has 20 heavy (non-hydrogen) atoms. The Morgan fingerprint density at radius 1 is 1.35 bits per heavy atom. The van der Waals surface area contributed by atoms with Gasteiger partial charge in [-0.05, 0) is 51.9 Å². The molecule has 4 heteroatoms. The molecule has 3 nitrogen and oxygen atoms in total. The number of hydrogen-bond donors (Lipinski definition) is 1. The van der Waals surface area contributed by atoms with Crippen LogP contribution in [-0.2, 0) is 11.3 Å². The Hall–Kier alpha value is -1.06. The average Bonchev–Trinajstić information content (AvgIpc) is 2.40. The molecule has 1 aromatic carbocycles. The van der Waals surface area contributed by atoms with Crippen molar-refractivity contribution in [2.75, 3.05) is 7.05 Å². The first-order chi connectivity index (χ1) is 9.25. The van der Waals surface area contributed by atoms with Gasteiger partial charge in [-0.1, -0.05) is 30.7 Å². The minimum atomic E-state index is -0.170. The predicted molar refractivity (Wildman–Crippen MR) is 84.9 cm³/mol. The van der Waals surface area contributed by atoms with Gasteiger partial charge in [0.1, 0.15) is 0 Å². The number of carbonyl (C=O) groups excluding carboxylic acids is 1. The van der Waals surface area contributed by atoms with Gasteiger partial charge in [0.05, 0.1) is 6.04 Å². The Labute approximate surface area is 127 Å². The number of nitrogens with one attached hydrogen (secondary N) is 1. The highest BCUT2D eigenvalue weighted by Crippen LogP contribution is 2.13. The third kappa shape index (κ3) is 5.14. The third-order valence-electron chi connectivity index (χ3n) is 3.73. The molecule has 0 saturated heterocycles. The Balaban J connectivity index is 2.60. The molecule has 0 aliphatic heterocycles. The number of halogens is 1. The Morgan fingerprint density at radius 2 is 1.90 bits per heavy atom. The normalized spacial score (nSPS) is 13.3. The van der Waals surface area contributed by atoms with Gasteiger partial charge < -0.3 is 5.32 Å². The second kappa shape index (κ2) is 7.09. The van der Waals surface area contributed by atoms with Crippen LogP contribution in [0, 0.1) is 0 Å². The van der Waals surface area contributed by atoms with Crippen molar-refractivity contribution in [3.63, 3.8) is 0 Å². The molecule has 1 rings (SSSR count). The van der Waals surface area contributed by atoms with Crippen molar-refractivity contribution in [3.8, 4) is 0 Å². The number of hydrogen-bond acceptors (Lipinski definition) is 2. The summed E-state index contributed by atoms with van der Waals surface area (Å²) >= 11 is 5.87. The van der Waals surface area contributed by atoms with Gasteiger partial charge >= 0.3 is 0 Å². The fraction of sp³-hybridized carbons (Fsp3) is 0.562. The van der Waals surface area contributed by atoms with E-state index in [1.165, 1.54) is 0 Å². The molecule has 1 N–H and O–H groups in total. The van der Waals surface area contributed by atoms with Gasteiger partial charge in [-0.2, -0.15) is 0 Å². The first-order valence-electron chi connectivity index (χ1n) is 7.02. The lowest BCUT2D eigenvalue weighted by molar-refractivity contribution is -0.127. The van der Waals surface area contributed by atoms with E-state index in [1.54, 1.807) is 0 Å². The lowest BCUT2D eigenvalue weighted by Gasteiger charge is -2.30. The molecule has 0 heterocycles. The van der Waals surface area contributed by atoms with Crippen molar-refractivity contribution in [2.45, 2.75) is 52.2 Å². The van der Waals surface area contributed by atoms with Gasteiger partial charge in [0.2, 0.25) is 5.91 Å². The summed E-state index contributed by atoms with van der Waals surface area (Å²) in [5, 5.41) is 3.81. The zero-order chi connectivity index (χ0) is 15.3. The summed E-state index contributed by atoms with van der Waals surface area (Å²) in [4.78, 5) is 14.3. The highest BCUT2D eigenvalue weighted by Gasteiger charge is 2.24. The number of rotatable bonds is 6. The molecule has 1 atom stereocenters. The Morgan fingerprint density at radius 3 is 2.40 bits per heavy atom. The standard InChI is InChI=1S/C16H25ClN2O/c1-6-16(3,4)18-15(20)12(2)19(5)11-13-7-9-14(17)10-8-13/h7-10,12H,6,11H2,1-5H3,(H,18,20). The fourth-order valence-electron chi connectivity index (χ4n) is 1.74. The van der Waals surface area contributed by atoms with Crippen LogP contribution in [0.2, 0.25) is 5.02 Å². The molecule has 1 unspecified atom stereocenters. The lowest BCUT2D eigenvalue weighted by Crippen LogP contribution is -2.50. The number of benzene rings is 1. The molecule has 0 fully saturated rings. The van der Waals surface area contributed by atoms with E-state index in [4.69, 9.17) is 11.6 Å². The van der Waals surface area contributed by atoms with Crippen LogP contribution in [0.3, 0.4) is 0 Å². The topological polar surface area (TPSA) is 32.3 Å². The molecular weight excluding hydrogens is 272 g/mol. The van der Waals surface area contributed by atoms with Crippen LogP contribution in [0.25, 0.3) is 0 Å². The third-order valence-corrected chi connectivity index (χ3v) is 3.98. The van der Waals surface area contributed by atoms with Crippen LogP contribution in [0.4, 0.5) is 0 Å². The molecule has 0 saturated carbocycles. The second-order valence-electron chi connectivity index (χ2n) is 5.94. The van der Waals surface area contributed by atoms with Crippen LogP contribution >= 0.6 is 11.6 Å². The van der Waals surface area contributed by atoms with E-state index in [1.807, 2.05) is 57.0 Å². The Bertz CT molecular complexity index is 442. The molecule has 0 spiro atoms. The SMILES string of the molecule is CCC(C)(C)NC(=O)C(C)N(C)Cc1ccc(Cl)cc1. The van der Waals surface area contributed by atoms with Gasteiger partial charge in [-0.15, -0.1) is 0 Å². The van der Waals surface area contributed by atoms with Crippen molar-refractivity contribution >= 4 is 17.5 Å². The first-order valence-corrected chi connectivity index (χ1v) is 7.39. The molecule has 1 amide bonds. The highest BCUT2D eigenvalue weighted by atomic mass is 35.5. The monoisotopic (exact) mass is 296 g/mol. The van der Waals surface area contributed by atoms with Gasteiger partial charge in [-0.3, -0.25) is 9.69 Å². The summed E-state index contributed by atoms with van der Waals surface area (Å²) in [6.07, 6.45) is 0.909. The van der Waals surface area contributed by atoms with E-state index in [-0.39, 0.29) is 17.5 Å². The second-order valence-corrected chi connectivity index (χ2v) is 6.38. The molecule has 1 aromatic rings. The van der Waals surface area contributed by atoms with E-state index in [2.05, 4.69) is 12.2 Å². The molecule has 0 aromatic heterocycles. The van der Waals surface area contributed by atoms with Crippen LogP contribution in [0.5, 0.6) is 0 Å². The van der Waals surface area contributed by atoms with Gasteiger partial charge in [0.25, 0.3) is 0 Å². The maximum Gasteiger partial charge on any atom is 0.237 e. The van der Waals surface area contributed by atoms with Gasteiger partial charge in [0, 0.05) is 17.1 Å². The maximum atomic E-state index is 12.2. The summed E-state index contributed by atoms with van der Waals surface area (Å²) in [6, 6.07) is 7.54. The van der Waals surface area contributed by atoms with E-state index in [0.29, 0.717) is 0 Å². The van der Waals surface area contributed by atoms with Crippen molar-refractivity contribution in [2.24, 2.45) is 0 Å². The van der Waals surface area contributed by atoms with Crippen LogP contribution in [0.1, 0.15) is 39.7 Å². The molecule has 0 bridgehead atoms. The number of nitrogens with zero attached hydrogens (tertiary/aromatic N) is 1. The summed E-state index contributed by atoms with van der Waals surface area (Å²) in [5.74, 6) is 0.0633. The number of carbonyl (C=O) groups is 1. The summed E-state index contributed by atoms with van der Waals surface area (Å²) in [5.41, 5.74) is 0.984. The maximum absolute atomic E-state index is 12.2. The smallest absolute Gasteiger partial charge is 0.237 e. The minimum Gasteiger partial charge on any atom is -0.350 e. The quantitative estimate of drug-likeness (QED) is 0.872. The van der Waals surface area contributed by atoms with Crippen molar-refractivity contribution in [3.05, 3.63) is 34.9 Å². The lowest BCUT2D eigenvalue weighted by atomic mass is 10.0. The average molecular weight is 297 g/mol. The van der Waals surface area contributed by atoms with E-state index < -0.39 is 0 Å². The van der Waals surface area contributed by atoms with E-state index in [0.717, 1.165) is 23.6 Å². The molecule has 0 radical (unpaired) electrons. The highest BCUT2D eigenvalue weighted by molar-refractivity contribution is 6.30. The largest absolute Gasteiger partial charge is 0.350 e. The fourth-order valence-corrected chi connectivity index (χ4v) is 1.87. The van der Waals surface area contributed by atoms with Crippen molar-refractivity contribution < 1.29 is 4.79 Å². The molecular formula is C16H25ClN2O. The van der Waals surface area contributed by atoms with Crippen LogP contribution in [-0.4, -0.2) is 29.4 Å². The molecule has 0 aliphatic carbocycles. The minimum absolute atomic E-state index is 0.0633. The van der Waals surface area contributed by atoms with Crippen LogP contribution < -0.4 is 5.32 Å².